The fourth-order valence-electron chi connectivity index (χ4n) is 3.97. The van der Waals surface area contributed by atoms with Crippen molar-refractivity contribution in [2.75, 3.05) is 79.3 Å². The van der Waals surface area contributed by atoms with Gasteiger partial charge >= 0.3 is 0 Å². The van der Waals surface area contributed by atoms with E-state index in [0.29, 0.717) is 6.04 Å². The first-order chi connectivity index (χ1) is 14.8. The lowest BCUT2D eigenvalue weighted by atomic mass is 10.1. The molecule has 0 unspecified atom stereocenters. The molecule has 0 aromatic carbocycles. The maximum atomic E-state index is 5.44. The summed E-state index contributed by atoms with van der Waals surface area (Å²) >= 11 is 0. The number of guanidine groups is 1. The van der Waals surface area contributed by atoms with Gasteiger partial charge in [-0.25, -0.2) is 0 Å². The van der Waals surface area contributed by atoms with Crippen LogP contribution in [0.4, 0.5) is 0 Å². The van der Waals surface area contributed by atoms with Gasteiger partial charge in [0.1, 0.15) is 5.76 Å². The Morgan fingerprint density at radius 1 is 1.17 bits per heavy atom. The van der Waals surface area contributed by atoms with Crippen molar-refractivity contribution in [3.05, 3.63) is 24.2 Å². The number of hydrogen-bond acceptors (Lipinski definition) is 6. The summed E-state index contributed by atoms with van der Waals surface area (Å²) in [5.41, 5.74) is 0. The number of ether oxygens (including phenoxy) is 2. The molecule has 0 atom stereocenters. The predicted octanol–water partition coefficient (Wildman–Crippen LogP) is 1.19. The lowest BCUT2D eigenvalue weighted by molar-refractivity contribution is 0.0394. The third-order valence-corrected chi connectivity index (χ3v) is 5.79. The molecule has 0 saturated carbocycles. The van der Waals surface area contributed by atoms with Gasteiger partial charge in [-0.1, -0.05) is 0 Å². The van der Waals surface area contributed by atoms with E-state index in [2.05, 4.69) is 20.4 Å². The van der Waals surface area contributed by atoms with E-state index < -0.39 is 0 Å². The lowest BCUT2D eigenvalue weighted by Crippen LogP contribution is -2.49. The van der Waals surface area contributed by atoms with Crippen LogP contribution in [0.2, 0.25) is 0 Å². The van der Waals surface area contributed by atoms with E-state index in [0.717, 1.165) is 110 Å². The van der Waals surface area contributed by atoms with Crippen molar-refractivity contribution in [2.45, 2.75) is 31.7 Å². The highest BCUT2D eigenvalue weighted by Gasteiger charge is 2.20. The maximum absolute atomic E-state index is 5.44. The van der Waals surface area contributed by atoms with Crippen LogP contribution < -0.4 is 10.6 Å². The minimum absolute atomic E-state index is 0.474. The van der Waals surface area contributed by atoms with Crippen LogP contribution >= 0.6 is 0 Å². The van der Waals surface area contributed by atoms with Crippen LogP contribution in [0, 0.1) is 0 Å². The molecule has 2 aliphatic rings. The smallest absolute Gasteiger partial charge is 0.191 e. The quantitative estimate of drug-likeness (QED) is 0.316. The SMILES string of the molecule is COCCCN1CCC(NC(=NCCN2CCOCC2)NCCc2ccco2)CC1. The second-order valence-corrected chi connectivity index (χ2v) is 8.05. The van der Waals surface area contributed by atoms with Crippen molar-refractivity contribution in [2.24, 2.45) is 4.99 Å². The first kappa shape index (κ1) is 23.1. The molecule has 170 valence electrons. The molecule has 8 nitrogen and oxygen atoms in total. The second kappa shape index (κ2) is 13.6. The van der Waals surface area contributed by atoms with E-state index in [4.69, 9.17) is 18.9 Å². The van der Waals surface area contributed by atoms with Crippen LogP contribution in [0.5, 0.6) is 0 Å². The van der Waals surface area contributed by atoms with Gasteiger partial charge in [-0.05, 0) is 31.4 Å². The fraction of sp³-hybridized carbons (Fsp3) is 0.773. The topological polar surface area (TPSA) is 74.5 Å². The van der Waals surface area contributed by atoms with E-state index >= 15 is 0 Å². The summed E-state index contributed by atoms with van der Waals surface area (Å²) < 4.78 is 16.1. The van der Waals surface area contributed by atoms with Crippen LogP contribution in [-0.4, -0.2) is 101 Å². The minimum atomic E-state index is 0.474. The fourth-order valence-corrected chi connectivity index (χ4v) is 3.97. The molecule has 2 aliphatic heterocycles. The second-order valence-electron chi connectivity index (χ2n) is 8.05. The molecule has 2 fully saturated rings. The molecule has 3 heterocycles. The van der Waals surface area contributed by atoms with E-state index in [1.54, 1.807) is 13.4 Å². The predicted molar refractivity (Wildman–Crippen MR) is 119 cm³/mol. The van der Waals surface area contributed by atoms with E-state index in [9.17, 15) is 0 Å². The van der Waals surface area contributed by atoms with Gasteiger partial charge in [-0.3, -0.25) is 9.89 Å². The van der Waals surface area contributed by atoms with Crippen molar-refractivity contribution >= 4 is 5.96 Å². The molecule has 1 aromatic rings. The van der Waals surface area contributed by atoms with Crippen molar-refractivity contribution < 1.29 is 13.9 Å². The molecule has 1 aromatic heterocycles. The standard InChI is InChI=1S/C22H39N5O3/c1-28-16-3-10-26-11-6-20(7-12-26)25-22(23-8-5-21-4-2-17-30-21)24-9-13-27-14-18-29-19-15-27/h2,4,17,20H,3,5-16,18-19H2,1H3,(H2,23,24,25). The summed E-state index contributed by atoms with van der Waals surface area (Å²) in [5, 5.41) is 7.18. The highest BCUT2D eigenvalue weighted by atomic mass is 16.5. The molecule has 8 heteroatoms. The van der Waals surface area contributed by atoms with Crippen molar-refractivity contribution in [3.8, 4) is 0 Å². The number of methoxy groups -OCH3 is 1. The average molecular weight is 422 g/mol. The summed E-state index contributed by atoms with van der Waals surface area (Å²) in [7, 11) is 1.77. The highest BCUT2D eigenvalue weighted by Crippen LogP contribution is 2.10. The maximum Gasteiger partial charge on any atom is 0.191 e. The summed E-state index contributed by atoms with van der Waals surface area (Å²) in [4.78, 5) is 9.82. The van der Waals surface area contributed by atoms with E-state index in [1.807, 2.05) is 12.1 Å². The van der Waals surface area contributed by atoms with Crippen molar-refractivity contribution in [1.82, 2.24) is 20.4 Å². The van der Waals surface area contributed by atoms with Crippen LogP contribution in [0.15, 0.2) is 27.8 Å². The Labute approximate surface area is 181 Å². The van der Waals surface area contributed by atoms with Gasteiger partial charge in [0.25, 0.3) is 0 Å². The number of hydrogen-bond donors (Lipinski definition) is 2. The molecule has 0 radical (unpaired) electrons. The van der Waals surface area contributed by atoms with Gasteiger partial charge in [0, 0.05) is 72.0 Å². The van der Waals surface area contributed by atoms with Gasteiger partial charge in [0.05, 0.1) is 26.0 Å². The van der Waals surface area contributed by atoms with Gasteiger partial charge in [0.2, 0.25) is 0 Å². The Morgan fingerprint density at radius 3 is 2.70 bits per heavy atom. The van der Waals surface area contributed by atoms with Gasteiger partial charge in [-0.15, -0.1) is 0 Å². The number of rotatable bonds is 11. The molecular weight excluding hydrogens is 382 g/mol. The first-order valence-electron chi connectivity index (χ1n) is 11.4. The number of likely N-dealkylation sites (tertiary alicyclic amines) is 1. The monoisotopic (exact) mass is 421 g/mol. The molecule has 0 amide bonds. The molecule has 2 N–H and O–H groups in total. The zero-order valence-corrected chi connectivity index (χ0v) is 18.5. The molecule has 2 saturated heterocycles. The lowest BCUT2D eigenvalue weighted by Gasteiger charge is -2.33. The number of nitrogens with one attached hydrogen (secondary N) is 2. The molecular formula is C22H39N5O3. The number of aliphatic imine (C=N–C) groups is 1. The van der Waals surface area contributed by atoms with Crippen molar-refractivity contribution in [1.29, 1.82) is 0 Å². The van der Waals surface area contributed by atoms with E-state index in [1.165, 1.54) is 0 Å². The Morgan fingerprint density at radius 2 is 1.97 bits per heavy atom. The summed E-state index contributed by atoms with van der Waals surface area (Å²) in [6.45, 7) is 10.5. The van der Waals surface area contributed by atoms with Crippen LogP contribution in [0.25, 0.3) is 0 Å². The zero-order valence-electron chi connectivity index (χ0n) is 18.5. The number of piperidine rings is 1. The Bertz CT molecular complexity index is 582. The molecule has 30 heavy (non-hydrogen) atoms. The third-order valence-electron chi connectivity index (χ3n) is 5.79. The van der Waals surface area contributed by atoms with Gasteiger partial charge < -0.3 is 29.4 Å². The molecule has 0 bridgehead atoms. The molecule has 3 rings (SSSR count). The third kappa shape index (κ3) is 8.63. The van der Waals surface area contributed by atoms with Crippen LogP contribution in [-0.2, 0) is 15.9 Å². The molecule has 0 spiro atoms. The summed E-state index contributed by atoms with van der Waals surface area (Å²) in [5.74, 6) is 1.92. The first-order valence-corrected chi connectivity index (χ1v) is 11.4. The Hall–Kier alpha value is -1.61. The Kier molecular flexibility index (Phi) is 10.5. The summed E-state index contributed by atoms with van der Waals surface area (Å²) in [6, 6.07) is 4.43. The van der Waals surface area contributed by atoms with Crippen LogP contribution in [0.3, 0.4) is 0 Å². The highest BCUT2D eigenvalue weighted by molar-refractivity contribution is 5.80. The normalized spacial score (nSPS) is 19.8. The number of furan rings is 1. The minimum Gasteiger partial charge on any atom is -0.469 e. The van der Waals surface area contributed by atoms with Gasteiger partial charge in [0.15, 0.2) is 5.96 Å². The van der Waals surface area contributed by atoms with E-state index in [-0.39, 0.29) is 0 Å². The Balaban J connectivity index is 1.43. The average Bonchev–Trinajstić information content (AvgIpc) is 3.29. The van der Waals surface area contributed by atoms with Crippen molar-refractivity contribution in [3.63, 3.8) is 0 Å². The van der Waals surface area contributed by atoms with Crippen LogP contribution in [0.1, 0.15) is 25.0 Å². The largest absolute Gasteiger partial charge is 0.469 e. The number of nitrogens with zero attached hydrogens (tertiary/aromatic N) is 3. The summed E-state index contributed by atoms with van der Waals surface area (Å²) in [6.07, 6.45) is 5.99. The number of morpholine rings is 1. The molecule has 0 aliphatic carbocycles. The zero-order chi connectivity index (χ0) is 20.9. The van der Waals surface area contributed by atoms with Gasteiger partial charge in [-0.2, -0.15) is 0 Å².